The molecule has 5 aliphatic carbocycles. The van der Waals surface area contributed by atoms with Gasteiger partial charge in [0.15, 0.2) is 0 Å². The zero-order valence-electron chi connectivity index (χ0n) is 19.1. The topological polar surface area (TPSA) is 42.0 Å². The largest absolute Gasteiger partial charge is 0.353 e. The van der Waals surface area contributed by atoms with Crippen molar-refractivity contribution >= 4 is 11.5 Å². The molecule has 1 aromatic heterocycles. The summed E-state index contributed by atoms with van der Waals surface area (Å²) in [5.74, 6) is 2.97. The Kier molecular flexibility index (Phi) is 4.49. The summed E-state index contributed by atoms with van der Waals surface area (Å²) in [4.78, 5) is 16.7. The fourth-order valence-corrected chi connectivity index (χ4v) is 7.99. The highest BCUT2D eigenvalue weighted by Crippen LogP contribution is 2.66. The predicted octanol–water partition coefficient (Wildman–Crippen LogP) is 5.93. The third-order valence-corrected chi connectivity index (χ3v) is 9.95. The van der Waals surface area contributed by atoms with Crippen LogP contribution in [0.4, 0.5) is 0 Å². The standard InChI is InChI=1S/C28H36N2O/c1-27-13-11-21(30-26(31)18-5-6-18)16-20(27)7-8-22-24-10-9-23(19-4-3-15-29-17-19)28(24,2)14-12-25(22)27/h3-4,7,9,15,17-18,21-22,24-25H,5-6,8,10-14,16H2,1-2H3,(H,30,31)/t21-,22?,24?,25?,27+,28-/m1/s1. The molecule has 0 radical (unpaired) electrons. The van der Waals surface area contributed by atoms with Crippen LogP contribution in [-0.4, -0.2) is 16.9 Å². The van der Waals surface area contributed by atoms with Gasteiger partial charge in [0.1, 0.15) is 0 Å². The first-order valence-corrected chi connectivity index (χ1v) is 12.6. The van der Waals surface area contributed by atoms with E-state index in [-0.39, 0.29) is 0 Å². The zero-order chi connectivity index (χ0) is 21.2. The second-order valence-corrected chi connectivity index (χ2v) is 11.5. The van der Waals surface area contributed by atoms with Gasteiger partial charge in [0.05, 0.1) is 0 Å². The lowest BCUT2D eigenvalue weighted by molar-refractivity contribution is -0.123. The zero-order valence-corrected chi connectivity index (χ0v) is 19.1. The SMILES string of the molecule is C[C@]12CC[C@@H](NC(=O)C3CC3)CC1=CCC1C2CC[C@]2(C)C(c3cccnc3)=CCC12. The Morgan fingerprint density at radius 2 is 1.87 bits per heavy atom. The molecule has 0 aliphatic heterocycles. The summed E-state index contributed by atoms with van der Waals surface area (Å²) < 4.78 is 0. The second kappa shape index (κ2) is 7.05. The summed E-state index contributed by atoms with van der Waals surface area (Å²) >= 11 is 0. The molecule has 0 saturated heterocycles. The van der Waals surface area contributed by atoms with Crippen LogP contribution in [0.2, 0.25) is 0 Å². The molecule has 31 heavy (non-hydrogen) atoms. The molecule has 164 valence electrons. The third kappa shape index (κ3) is 3.06. The first-order valence-electron chi connectivity index (χ1n) is 12.6. The minimum Gasteiger partial charge on any atom is -0.353 e. The van der Waals surface area contributed by atoms with Crippen LogP contribution in [0.15, 0.2) is 42.3 Å². The molecule has 3 saturated carbocycles. The Morgan fingerprint density at radius 1 is 1.03 bits per heavy atom. The van der Waals surface area contributed by atoms with Crippen LogP contribution >= 0.6 is 0 Å². The molecule has 3 unspecified atom stereocenters. The molecule has 1 heterocycles. The molecular formula is C28H36N2O. The van der Waals surface area contributed by atoms with Crippen LogP contribution in [0.25, 0.3) is 5.57 Å². The number of carbonyl (C=O) groups excluding carboxylic acids is 1. The van der Waals surface area contributed by atoms with Gasteiger partial charge in [-0.15, -0.1) is 0 Å². The van der Waals surface area contributed by atoms with Crippen molar-refractivity contribution in [3.8, 4) is 0 Å². The van der Waals surface area contributed by atoms with E-state index in [1.165, 1.54) is 37.7 Å². The highest BCUT2D eigenvalue weighted by molar-refractivity contribution is 5.81. The summed E-state index contributed by atoms with van der Waals surface area (Å²) in [5.41, 5.74) is 5.17. The molecule has 1 aromatic rings. The summed E-state index contributed by atoms with van der Waals surface area (Å²) in [5, 5.41) is 3.38. The molecule has 6 rings (SSSR count). The Bertz CT molecular complexity index is 945. The molecule has 3 nitrogen and oxygen atoms in total. The van der Waals surface area contributed by atoms with Crippen LogP contribution in [0.5, 0.6) is 0 Å². The van der Waals surface area contributed by atoms with Gasteiger partial charge < -0.3 is 5.32 Å². The van der Waals surface area contributed by atoms with Gasteiger partial charge in [0.2, 0.25) is 5.91 Å². The molecule has 5 aliphatic rings. The minimum atomic E-state index is 0.293. The molecular weight excluding hydrogens is 380 g/mol. The van der Waals surface area contributed by atoms with E-state index in [1.54, 1.807) is 11.1 Å². The van der Waals surface area contributed by atoms with Crippen molar-refractivity contribution in [2.24, 2.45) is 34.5 Å². The lowest BCUT2D eigenvalue weighted by Crippen LogP contribution is -2.51. The molecule has 3 heteroatoms. The Morgan fingerprint density at radius 3 is 2.65 bits per heavy atom. The normalized spacial score (nSPS) is 41.4. The maximum absolute atomic E-state index is 12.3. The van der Waals surface area contributed by atoms with E-state index in [0.717, 1.165) is 43.4 Å². The third-order valence-electron chi connectivity index (χ3n) is 9.95. The number of aromatic nitrogens is 1. The number of amides is 1. The van der Waals surface area contributed by atoms with Gasteiger partial charge in [-0.2, -0.15) is 0 Å². The summed E-state index contributed by atoms with van der Waals surface area (Å²) in [6.45, 7) is 5.09. The van der Waals surface area contributed by atoms with Crippen LogP contribution in [0, 0.1) is 34.5 Å². The van der Waals surface area contributed by atoms with E-state index in [4.69, 9.17) is 0 Å². The molecule has 1 N–H and O–H groups in total. The maximum Gasteiger partial charge on any atom is 0.223 e. The number of carbonyl (C=O) groups is 1. The van der Waals surface area contributed by atoms with Crippen molar-refractivity contribution < 1.29 is 4.79 Å². The molecule has 0 aromatic carbocycles. The number of hydrogen-bond donors (Lipinski definition) is 1. The van der Waals surface area contributed by atoms with E-state index in [2.05, 4.69) is 54.6 Å². The monoisotopic (exact) mass is 416 g/mol. The molecule has 3 fully saturated rings. The van der Waals surface area contributed by atoms with Gasteiger partial charge in [-0.1, -0.05) is 37.6 Å². The van der Waals surface area contributed by atoms with Crippen molar-refractivity contribution in [2.75, 3.05) is 0 Å². The van der Waals surface area contributed by atoms with E-state index in [9.17, 15) is 4.79 Å². The number of nitrogens with one attached hydrogen (secondary N) is 1. The number of allylic oxidation sites excluding steroid dienone is 3. The predicted molar refractivity (Wildman–Crippen MR) is 124 cm³/mol. The van der Waals surface area contributed by atoms with Crippen LogP contribution in [0.3, 0.4) is 0 Å². The molecule has 0 spiro atoms. The summed E-state index contributed by atoms with van der Waals surface area (Å²) in [7, 11) is 0. The Balaban J connectivity index is 1.23. The van der Waals surface area contributed by atoms with Crippen LogP contribution < -0.4 is 5.32 Å². The van der Waals surface area contributed by atoms with Crippen molar-refractivity contribution in [1.29, 1.82) is 0 Å². The van der Waals surface area contributed by atoms with E-state index >= 15 is 0 Å². The highest BCUT2D eigenvalue weighted by Gasteiger charge is 2.56. The molecule has 1 amide bonds. The lowest BCUT2D eigenvalue weighted by atomic mass is 9.47. The highest BCUT2D eigenvalue weighted by atomic mass is 16.2. The quantitative estimate of drug-likeness (QED) is 0.620. The van der Waals surface area contributed by atoms with Crippen molar-refractivity contribution in [3.05, 3.63) is 47.8 Å². The van der Waals surface area contributed by atoms with Gasteiger partial charge >= 0.3 is 0 Å². The fourth-order valence-electron chi connectivity index (χ4n) is 7.99. The van der Waals surface area contributed by atoms with E-state index < -0.39 is 0 Å². The van der Waals surface area contributed by atoms with Gasteiger partial charge in [-0.25, -0.2) is 0 Å². The number of fused-ring (bicyclic) bond motifs is 5. The van der Waals surface area contributed by atoms with Crippen LogP contribution in [-0.2, 0) is 4.79 Å². The fraction of sp³-hybridized carbons (Fsp3) is 0.643. The number of hydrogen-bond acceptors (Lipinski definition) is 2. The van der Waals surface area contributed by atoms with Gasteiger partial charge in [0, 0.05) is 24.4 Å². The van der Waals surface area contributed by atoms with E-state index in [0.29, 0.717) is 28.7 Å². The van der Waals surface area contributed by atoms with Crippen LogP contribution in [0.1, 0.15) is 77.2 Å². The lowest BCUT2D eigenvalue weighted by Gasteiger charge is -2.58. The first kappa shape index (κ1) is 19.8. The Labute approximate surface area is 186 Å². The van der Waals surface area contributed by atoms with Crippen molar-refractivity contribution in [3.63, 3.8) is 0 Å². The Hall–Kier alpha value is -1.90. The van der Waals surface area contributed by atoms with Gasteiger partial charge in [-0.3, -0.25) is 9.78 Å². The number of rotatable bonds is 3. The smallest absolute Gasteiger partial charge is 0.223 e. The summed E-state index contributed by atoms with van der Waals surface area (Å²) in [6.07, 6.45) is 19.8. The minimum absolute atomic E-state index is 0.293. The van der Waals surface area contributed by atoms with Gasteiger partial charge in [-0.05, 0) is 104 Å². The van der Waals surface area contributed by atoms with Gasteiger partial charge in [0.25, 0.3) is 0 Å². The maximum atomic E-state index is 12.3. The molecule has 0 bridgehead atoms. The van der Waals surface area contributed by atoms with Crippen molar-refractivity contribution in [1.82, 2.24) is 10.3 Å². The van der Waals surface area contributed by atoms with E-state index in [1.807, 2.05) is 6.20 Å². The second-order valence-electron chi connectivity index (χ2n) is 11.5. The number of nitrogens with zero attached hydrogens (tertiary/aromatic N) is 1. The first-order chi connectivity index (χ1) is 15.0. The average molecular weight is 417 g/mol. The summed E-state index contributed by atoms with van der Waals surface area (Å²) in [6, 6.07) is 4.69. The molecule has 6 atom stereocenters. The van der Waals surface area contributed by atoms with Crippen molar-refractivity contribution in [2.45, 2.75) is 77.7 Å². The average Bonchev–Trinajstić information content (AvgIpc) is 3.56. The number of pyridine rings is 1.